The second kappa shape index (κ2) is 12.4. The molecule has 124 valence electrons. The zero-order valence-corrected chi connectivity index (χ0v) is 12.9. The van der Waals surface area contributed by atoms with Crippen molar-refractivity contribution < 1.29 is 24.2 Å². The molecule has 0 aromatic carbocycles. The van der Waals surface area contributed by atoms with Gasteiger partial charge < -0.3 is 20.5 Å². The number of ether oxygens (including phenoxy) is 1. The fraction of sp³-hybridized carbons (Fsp3) is 0.533. The number of carbonyl (C=O) groups is 3. The van der Waals surface area contributed by atoms with Gasteiger partial charge in [0.15, 0.2) is 5.76 Å². The predicted molar refractivity (Wildman–Crippen MR) is 82.0 cm³/mol. The first-order valence-corrected chi connectivity index (χ1v) is 7.14. The highest BCUT2D eigenvalue weighted by molar-refractivity contribution is 5.93. The molecule has 0 fully saturated rings. The SMILES string of the molecule is C=C/C=C(\O)C(=O)NCC(=O)NCCCCCCC(=O)OC. The van der Waals surface area contributed by atoms with Crippen LogP contribution in [0.1, 0.15) is 32.1 Å². The van der Waals surface area contributed by atoms with E-state index in [-0.39, 0.29) is 18.4 Å². The average molecular weight is 312 g/mol. The van der Waals surface area contributed by atoms with Crippen LogP contribution in [0.25, 0.3) is 0 Å². The summed E-state index contributed by atoms with van der Waals surface area (Å²) in [6.07, 6.45) is 6.18. The minimum absolute atomic E-state index is 0.198. The molecule has 0 atom stereocenters. The molecule has 0 unspecified atom stereocenters. The largest absolute Gasteiger partial charge is 0.503 e. The molecule has 0 radical (unpaired) electrons. The summed E-state index contributed by atoms with van der Waals surface area (Å²) in [4.78, 5) is 33.6. The van der Waals surface area contributed by atoms with Gasteiger partial charge in [0.25, 0.3) is 5.91 Å². The van der Waals surface area contributed by atoms with E-state index in [0.717, 1.165) is 31.8 Å². The van der Waals surface area contributed by atoms with Crippen LogP contribution < -0.4 is 10.6 Å². The normalized spacial score (nSPS) is 10.7. The Labute approximate surface area is 130 Å². The lowest BCUT2D eigenvalue weighted by Crippen LogP contribution is -2.37. The van der Waals surface area contributed by atoms with Crippen molar-refractivity contribution in [1.82, 2.24) is 10.6 Å². The van der Waals surface area contributed by atoms with Crippen LogP contribution in [0.15, 0.2) is 24.5 Å². The smallest absolute Gasteiger partial charge is 0.305 e. The number of rotatable bonds is 11. The molecule has 0 saturated heterocycles. The first-order valence-electron chi connectivity index (χ1n) is 7.14. The van der Waals surface area contributed by atoms with E-state index in [1.165, 1.54) is 13.2 Å². The topological polar surface area (TPSA) is 105 Å². The highest BCUT2D eigenvalue weighted by Crippen LogP contribution is 2.03. The van der Waals surface area contributed by atoms with Crippen molar-refractivity contribution >= 4 is 17.8 Å². The molecule has 22 heavy (non-hydrogen) atoms. The number of allylic oxidation sites excluding steroid dienone is 2. The molecule has 0 rings (SSSR count). The van der Waals surface area contributed by atoms with Crippen LogP contribution in [-0.4, -0.2) is 43.1 Å². The Balaban J connectivity index is 3.58. The molecule has 7 heteroatoms. The second-order valence-corrected chi connectivity index (χ2v) is 4.56. The monoisotopic (exact) mass is 312 g/mol. The van der Waals surface area contributed by atoms with E-state index in [2.05, 4.69) is 21.9 Å². The van der Waals surface area contributed by atoms with E-state index in [9.17, 15) is 19.5 Å². The molecular weight excluding hydrogens is 288 g/mol. The van der Waals surface area contributed by atoms with Gasteiger partial charge in [0.1, 0.15) is 0 Å². The third kappa shape index (κ3) is 10.5. The van der Waals surface area contributed by atoms with Gasteiger partial charge in [-0.05, 0) is 18.9 Å². The quantitative estimate of drug-likeness (QED) is 0.173. The Morgan fingerprint density at radius 3 is 2.45 bits per heavy atom. The molecule has 0 aromatic heterocycles. The summed E-state index contributed by atoms with van der Waals surface area (Å²) in [6, 6.07) is 0. The molecule has 0 spiro atoms. The summed E-state index contributed by atoms with van der Waals surface area (Å²) >= 11 is 0. The Kier molecular flexibility index (Phi) is 11.1. The number of aliphatic hydroxyl groups is 1. The van der Waals surface area contributed by atoms with Crippen LogP contribution in [0, 0.1) is 0 Å². The van der Waals surface area contributed by atoms with E-state index in [1.54, 1.807) is 0 Å². The first-order chi connectivity index (χ1) is 10.5. The molecule has 2 amide bonds. The van der Waals surface area contributed by atoms with Crippen molar-refractivity contribution in [1.29, 1.82) is 0 Å². The van der Waals surface area contributed by atoms with Crippen molar-refractivity contribution in [2.75, 3.05) is 20.2 Å². The molecule has 0 saturated carbocycles. The summed E-state index contributed by atoms with van der Waals surface area (Å²) < 4.78 is 4.53. The van der Waals surface area contributed by atoms with Crippen molar-refractivity contribution in [3.05, 3.63) is 24.5 Å². The summed E-state index contributed by atoms with van der Waals surface area (Å²) in [5, 5.41) is 14.1. The highest BCUT2D eigenvalue weighted by Gasteiger charge is 2.08. The van der Waals surface area contributed by atoms with Gasteiger partial charge >= 0.3 is 5.97 Å². The van der Waals surface area contributed by atoms with E-state index >= 15 is 0 Å². The molecule has 3 N–H and O–H groups in total. The highest BCUT2D eigenvalue weighted by atomic mass is 16.5. The number of esters is 1. The van der Waals surface area contributed by atoms with Gasteiger partial charge in [0.2, 0.25) is 5.91 Å². The van der Waals surface area contributed by atoms with E-state index in [1.807, 2.05) is 0 Å². The van der Waals surface area contributed by atoms with Gasteiger partial charge in [-0.1, -0.05) is 25.5 Å². The Morgan fingerprint density at radius 1 is 1.14 bits per heavy atom. The van der Waals surface area contributed by atoms with E-state index in [4.69, 9.17) is 0 Å². The summed E-state index contributed by atoms with van der Waals surface area (Å²) in [7, 11) is 1.36. The average Bonchev–Trinajstić information content (AvgIpc) is 2.51. The zero-order chi connectivity index (χ0) is 16.8. The van der Waals surface area contributed by atoms with Crippen molar-refractivity contribution in [3.8, 4) is 0 Å². The van der Waals surface area contributed by atoms with Gasteiger partial charge in [-0.2, -0.15) is 0 Å². The number of methoxy groups -OCH3 is 1. The fourth-order valence-corrected chi connectivity index (χ4v) is 1.58. The van der Waals surface area contributed by atoms with E-state index < -0.39 is 11.7 Å². The van der Waals surface area contributed by atoms with Gasteiger partial charge in [-0.3, -0.25) is 14.4 Å². The lowest BCUT2D eigenvalue weighted by atomic mass is 10.1. The summed E-state index contributed by atoms with van der Waals surface area (Å²) in [5.74, 6) is -1.75. The number of aliphatic hydroxyl groups excluding tert-OH is 1. The van der Waals surface area contributed by atoms with Crippen molar-refractivity contribution in [2.45, 2.75) is 32.1 Å². The fourth-order valence-electron chi connectivity index (χ4n) is 1.58. The van der Waals surface area contributed by atoms with Gasteiger partial charge in [-0.15, -0.1) is 0 Å². The number of hydrogen-bond acceptors (Lipinski definition) is 5. The Bertz CT molecular complexity index is 418. The van der Waals surface area contributed by atoms with Crippen LogP contribution in [0.4, 0.5) is 0 Å². The summed E-state index contributed by atoms with van der Waals surface area (Å²) in [5.41, 5.74) is 0. The van der Waals surface area contributed by atoms with Crippen LogP contribution in [-0.2, 0) is 19.1 Å². The molecule has 0 heterocycles. The Morgan fingerprint density at radius 2 is 1.82 bits per heavy atom. The maximum absolute atomic E-state index is 11.4. The summed E-state index contributed by atoms with van der Waals surface area (Å²) in [6.45, 7) is 3.65. The molecule has 7 nitrogen and oxygen atoms in total. The van der Waals surface area contributed by atoms with Gasteiger partial charge in [0, 0.05) is 13.0 Å². The van der Waals surface area contributed by atoms with Crippen LogP contribution in [0.2, 0.25) is 0 Å². The van der Waals surface area contributed by atoms with E-state index in [0.29, 0.717) is 13.0 Å². The van der Waals surface area contributed by atoms with Crippen LogP contribution in [0.3, 0.4) is 0 Å². The zero-order valence-electron chi connectivity index (χ0n) is 12.9. The Hall–Kier alpha value is -2.31. The maximum Gasteiger partial charge on any atom is 0.305 e. The minimum Gasteiger partial charge on any atom is -0.503 e. The maximum atomic E-state index is 11.4. The molecule has 0 bridgehead atoms. The van der Waals surface area contributed by atoms with Gasteiger partial charge in [0.05, 0.1) is 13.7 Å². The van der Waals surface area contributed by atoms with Crippen LogP contribution in [0.5, 0.6) is 0 Å². The van der Waals surface area contributed by atoms with Crippen molar-refractivity contribution in [3.63, 3.8) is 0 Å². The lowest BCUT2D eigenvalue weighted by Gasteiger charge is -2.06. The third-order valence-electron chi connectivity index (χ3n) is 2.78. The number of nitrogens with one attached hydrogen (secondary N) is 2. The number of unbranched alkanes of at least 4 members (excludes halogenated alkanes) is 3. The molecule has 0 aliphatic heterocycles. The number of hydrogen-bond donors (Lipinski definition) is 3. The molecule has 0 aromatic rings. The predicted octanol–water partition coefficient (Wildman–Crippen LogP) is 0.970. The van der Waals surface area contributed by atoms with Gasteiger partial charge in [-0.25, -0.2) is 0 Å². The number of carbonyl (C=O) groups excluding carboxylic acids is 3. The molecule has 0 aliphatic rings. The third-order valence-corrected chi connectivity index (χ3v) is 2.78. The lowest BCUT2D eigenvalue weighted by molar-refractivity contribution is -0.140. The first kappa shape index (κ1) is 19.7. The minimum atomic E-state index is -0.724. The number of amides is 2. The molecular formula is C15H24N2O5. The standard InChI is InChI=1S/C15H24N2O5/c1-3-8-12(18)15(21)17-11-13(19)16-10-7-5-4-6-9-14(20)22-2/h3,8,18H,1,4-7,9-11H2,2H3,(H,16,19)(H,17,21)/b12-8-. The second-order valence-electron chi connectivity index (χ2n) is 4.56. The van der Waals surface area contributed by atoms with Crippen molar-refractivity contribution in [2.24, 2.45) is 0 Å². The molecule has 0 aliphatic carbocycles. The van der Waals surface area contributed by atoms with Crippen LogP contribution >= 0.6 is 0 Å².